The highest BCUT2D eigenvalue weighted by Crippen LogP contribution is 2.45. The van der Waals surface area contributed by atoms with Crippen molar-refractivity contribution in [1.29, 1.82) is 0 Å². The van der Waals surface area contributed by atoms with Gasteiger partial charge in [0.15, 0.2) is 0 Å². The summed E-state index contributed by atoms with van der Waals surface area (Å²) in [5, 5.41) is 3.48. The van der Waals surface area contributed by atoms with Crippen LogP contribution in [0.3, 0.4) is 0 Å². The molecule has 1 aromatic heterocycles. The van der Waals surface area contributed by atoms with Gasteiger partial charge in [-0.25, -0.2) is 9.97 Å². The first kappa shape index (κ1) is 14.0. The van der Waals surface area contributed by atoms with Gasteiger partial charge in [0, 0.05) is 12.8 Å². The van der Waals surface area contributed by atoms with Crippen molar-refractivity contribution in [3.63, 3.8) is 0 Å². The highest BCUT2D eigenvalue weighted by molar-refractivity contribution is 5.10. The Hall–Kier alpha value is -1.00. The minimum absolute atomic E-state index is 0.167. The van der Waals surface area contributed by atoms with Crippen LogP contribution >= 0.6 is 0 Å². The molecular weight excluding hydrogens is 250 g/mol. The molecule has 1 N–H and O–H groups in total. The van der Waals surface area contributed by atoms with E-state index in [1.54, 1.807) is 0 Å². The van der Waals surface area contributed by atoms with Crippen molar-refractivity contribution < 1.29 is 4.74 Å². The van der Waals surface area contributed by atoms with Gasteiger partial charge >= 0.3 is 0 Å². The van der Waals surface area contributed by atoms with Gasteiger partial charge in [0.05, 0.1) is 17.3 Å². The van der Waals surface area contributed by atoms with Crippen molar-refractivity contribution in [2.24, 2.45) is 5.92 Å². The second-order valence-electron chi connectivity index (χ2n) is 6.29. The summed E-state index contributed by atoms with van der Waals surface area (Å²) < 4.78 is 6.15. The summed E-state index contributed by atoms with van der Waals surface area (Å²) in [7, 11) is 2.04. The molecule has 0 aromatic carbocycles. The predicted octanol–water partition coefficient (Wildman–Crippen LogP) is 2.78. The fourth-order valence-corrected chi connectivity index (χ4v) is 3.99. The number of hydrogen-bond acceptors (Lipinski definition) is 4. The number of nitrogens with one attached hydrogen (secondary N) is 1. The standard InChI is InChI=1S/C16H25N3O/c1-12-18-9-5-14(19-12)15(17-2)13-6-10-20-16(11-13)7-3-4-8-16/h5,9,13,15,17H,3-4,6-8,10-11H2,1-2H3. The minimum atomic E-state index is 0.167. The molecule has 2 fully saturated rings. The van der Waals surface area contributed by atoms with Crippen LogP contribution in [-0.2, 0) is 4.74 Å². The third kappa shape index (κ3) is 2.72. The molecule has 110 valence electrons. The molecule has 0 amide bonds. The van der Waals surface area contributed by atoms with Gasteiger partial charge in [-0.05, 0) is 51.6 Å². The molecule has 1 spiro atoms. The lowest BCUT2D eigenvalue weighted by Gasteiger charge is -2.41. The van der Waals surface area contributed by atoms with E-state index in [0.29, 0.717) is 12.0 Å². The topological polar surface area (TPSA) is 47.0 Å². The maximum Gasteiger partial charge on any atom is 0.125 e. The average Bonchev–Trinajstić information content (AvgIpc) is 2.88. The molecule has 3 rings (SSSR count). The van der Waals surface area contributed by atoms with Crippen LogP contribution < -0.4 is 5.32 Å². The van der Waals surface area contributed by atoms with E-state index in [4.69, 9.17) is 4.74 Å². The molecule has 1 saturated carbocycles. The lowest BCUT2D eigenvalue weighted by molar-refractivity contribution is -0.0980. The molecule has 4 heteroatoms. The predicted molar refractivity (Wildman–Crippen MR) is 78.4 cm³/mol. The van der Waals surface area contributed by atoms with Crippen molar-refractivity contribution in [3.05, 3.63) is 23.8 Å². The van der Waals surface area contributed by atoms with Crippen LogP contribution in [0.2, 0.25) is 0 Å². The van der Waals surface area contributed by atoms with Crippen molar-refractivity contribution in [2.75, 3.05) is 13.7 Å². The van der Waals surface area contributed by atoms with Crippen LogP contribution in [-0.4, -0.2) is 29.2 Å². The lowest BCUT2D eigenvalue weighted by atomic mass is 9.79. The Balaban J connectivity index is 1.78. The molecule has 1 aromatic rings. The Labute approximate surface area is 121 Å². The van der Waals surface area contributed by atoms with Crippen molar-refractivity contribution >= 4 is 0 Å². The van der Waals surface area contributed by atoms with Crippen molar-refractivity contribution in [2.45, 2.75) is 57.1 Å². The first-order chi connectivity index (χ1) is 9.72. The quantitative estimate of drug-likeness (QED) is 0.921. The number of ether oxygens (including phenoxy) is 1. The van der Waals surface area contributed by atoms with Gasteiger partial charge in [-0.15, -0.1) is 0 Å². The number of aryl methyl sites for hydroxylation is 1. The van der Waals surface area contributed by atoms with Gasteiger partial charge in [0.2, 0.25) is 0 Å². The van der Waals surface area contributed by atoms with Crippen LogP contribution in [0.15, 0.2) is 12.3 Å². The summed E-state index contributed by atoms with van der Waals surface area (Å²) in [5.41, 5.74) is 1.29. The molecule has 2 heterocycles. The van der Waals surface area contributed by atoms with Crippen LogP contribution in [0.5, 0.6) is 0 Å². The fourth-order valence-electron chi connectivity index (χ4n) is 3.99. The third-order valence-corrected chi connectivity index (χ3v) is 4.94. The van der Waals surface area contributed by atoms with Crippen molar-refractivity contribution in [1.82, 2.24) is 15.3 Å². The molecule has 20 heavy (non-hydrogen) atoms. The van der Waals surface area contributed by atoms with Gasteiger partial charge in [0.1, 0.15) is 5.82 Å². The molecule has 1 saturated heterocycles. The van der Waals surface area contributed by atoms with E-state index in [1.165, 1.54) is 32.1 Å². The summed E-state index contributed by atoms with van der Waals surface area (Å²) in [4.78, 5) is 8.83. The second kappa shape index (κ2) is 5.78. The molecule has 4 nitrogen and oxygen atoms in total. The highest BCUT2D eigenvalue weighted by Gasteiger charge is 2.42. The third-order valence-electron chi connectivity index (χ3n) is 4.94. The van der Waals surface area contributed by atoms with Crippen LogP contribution in [0.25, 0.3) is 0 Å². The summed E-state index contributed by atoms with van der Waals surface area (Å²) in [6.45, 7) is 2.85. The number of aromatic nitrogens is 2. The maximum absolute atomic E-state index is 6.15. The van der Waals surface area contributed by atoms with E-state index in [9.17, 15) is 0 Å². The van der Waals surface area contributed by atoms with Gasteiger partial charge in [-0.3, -0.25) is 0 Å². The van der Waals surface area contributed by atoms with Crippen LogP contribution in [0, 0.1) is 12.8 Å². The second-order valence-corrected chi connectivity index (χ2v) is 6.29. The van der Waals surface area contributed by atoms with Gasteiger partial charge in [-0.1, -0.05) is 12.8 Å². The Morgan fingerprint density at radius 2 is 2.20 bits per heavy atom. The molecular formula is C16H25N3O. The van der Waals surface area contributed by atoms with Gasteiger partial charge < -0.3 is 10.1 Å². The minimum Gasteiger partial charge on any atom is -0.375 e. The molecule has 1 aliphatic heterocycles. The van der Waals surface area contributed by atoms with E-state index in [2.05, 4.69) is 15.3 Å². The monoisotopic (exact) mass is 275 g/mol. The lowest BCUT2D eigenvalue weighted by Crippen LogP contribution is -2.41. The van der Waals surface area contributed by atoms with E-state index in [0.717, 1.165) is 24.5 Å². The van der Waals surface area contributed by atoms with Crippen LogP contribution in [0.4, 0.5) is 0 Å². The van der Waals surface area contributed by atoms with Crippen LogP contribution in [0.1, 0.15) is 56.1 Å². The SMILES string of the molecule is CNC(c1ccnc(C)n1)C1CCOC2(CCCC2)C1. The molecule has 2 unspecified atom stereocenters. The van der Waals surface area contributed by atoms with E-state index in [1.807, 2.05) is 26.2 Å². The zero-order valence-electron chi connectivity index (χ0n) is 12.6. The number of nitrogens with zero attached hydrogens (tertiary/aromatic N) is 2. The largest absolute Gasteiger partial charge is 0.375 e. The van der Waals surface area contributed by atoms with E-state index in [-0.39, 0.29) is 5.60 Å². The summed E-state index contributed by atoms with van der Waals surface area (Å²) in [6, 6.07) is 2.36. The Morgan fingerprint density at radius 1 is 1.40 bits per heavy atom. The highest BCUT2D eigenvalue weighted by atomic mass is 16.5. The summed E-state index contributed by atoms with van der Waals surface area (Å²) in [5.74, 6) is 1.46. The summed E-state index contributed by atoms with van der Waals surface area (Å²) >= 11 is 0. The first-order valence-corrected chi connectivity index (χ1v) is 7.83. The summed E-state index contributed by atoms with van der Waals surface area (Å²) in [6.07, 6.45) is 9.28. The maximum atomic E-state index is 6.15. The Kier molecular flexibility index (Phi) is 4.03. The number of hydrogen-bond donors (Lipinski definition) is 1. The first-order valence-electron chi connectivity index (χ1n) is 7.83. The molecule has 0 bridgehead atoms. The van der Waals surface area contributed by atoms with E-state index < -0.39 is 0 Å². The molecule has 2 atom stereocenters. The Morgan fingerprint density at radius 3 is 2.90 bits per heavy atom. The zero-order chi connectivity index (χ0) is 14.0. The average molecular weight is 275 g/mol. The zero-order valence-corrected chi connectivity index (χ0v) is 12.6. The Bertz CT molecular complexity index is 457. The van der Waals surface area contributed by atoms with Gasteiger partial charge in [0.25, 0.3) is 0 Å². The number of rotatable bonds is 3. The van der Waals surface area contributed by atoms with Gasteiger partial charge in [-0.2, -0.15) is 0 Å². The fraction of sp³-hybridized carbons (Fsp3) is 0.750. The van der Waals surface area contributed by atoms with Crippen molar-refractivity contribution in [3.8, 4) is 0 Å². The normalized spacial score (nSPS) is 26.8. The van der Waals surface area contributed by atoms with E-state index >= 15 is 0 Å². The molecule has 1 aliphatic carbocycles. The molecule has 0 radical (unpaired) electrons. The smallest absolute Gasteiger partial charge is 0.125 e. The molecule has 2 aliphatic rings.